The topological polar surface area (TPSA) is 47.1 Å². The van der Waals surface area contributed by atoms with Crippen molar-refractivity contribution < 1.29 is 0 Å². The number of hydrogen-bond donors (Lipinski definition) is 1. The smallest absolute Gasteiger partial charge is 0.0538 e. The van der Waals surface area contributed by atoms with Gasteiger partial charge in [0.25, 0.3) is 0 Å². The Labute approximate surface area is 111 Å². The Morgan fingerprint density at radius 2 is 1.89 bits per heavy atom. The van der Waals surface area contributed by atoms with Gasteiger partial charge in [0.05, 0.1) is 12.2 Å². The van der Waals surface area contributed by atoms with Gasteiger partial charge in [-0.25, -0.2) is 0 Å². The molecule has 4 nitrogen and oxygen atoms in total. The molecule has 0 fully saturated rings. The van der Waals surface area contributed by atoms with Crippen molar-refractivity contribution in [1.29, 1.82) is 0 Å². The molecular formula is C14H28N4. The standard InChI is InChI=1S/C14H28N4/c1-10(2)12(5)17(6)14(7-15)13-8-16-18(9-13)11(3)4/h8-12,14H,7,15H2,1-6H3. The zero-order chi connectivity index (χ0) is 13.9. The Kier molecular flexibility index (Phi) is 5.35. The highest BCUT2D eigenvalue weighted by Crippen LogP contribution is 2.23. The molecule has 0 aliphatic rings. The molecule has 0 bridgehead atoms. The number of rotatable bonds is 6. The predicted molar refractivity (Wildman–Crippen MR) is 76.5 cm³/mol. The molecule has 2 N–H and O–H groups in total. The van der Waals surface area contributed by atoms with E-state index in [0.29, 0.717) is 24.5 Å². The average Bonchev–Trinajstić information content (AvgIpc) is 2.78. The SMILES string of the molecule is CC(C)C(C)N(C)C(CN)c1cnn(C(C)C)c1. The van der Waals surface area contributed by atoms with Crippen LogP contribution < -0.4 is 5.73 Å². The lowest BCUT2D eigenvalue weighted by molar-refractivity contribution is 0.152. The minimum atomic E-state index is 0.245. The van der Waals surface area contributed by atoms with Crippen LogP contribution >= 0.6 is 0 Å². The first-order chi connectivity index (χ1) is 8.38. The van der Waals surface area contributed by atoms with E-state index in [0.717, 1.165) is 0 Å². The molecule has 104 valence electrons. The third-order valence-electron chi connectivity index (χ3n) is 3.86. The minimum absolute atomic E-state index is 0.245. The first kappa shape index (κ1) is 15.2. The highest BCUT2D eigenvalue weighted by molar-refractivity contribution is 5.12. The van der Waals surface area contributed by atoms with E-state index in [-0.39, 0.29) is 6.04 Å². The van der Waals surface area contributed by atoms with E-state index in [2.05, 4.69) is 57.9 Å². The molecule has 0 spiro atoms. The lowest BCUT2D eigenvalue weighted by Gasteiger charge is -2.34. The fraction of sp³-hybridized carbons (Fsp3) is 0.786. The van der Waals surface area contributed by atoms with E-state index in [4.69, 9.17) is 5.73 Å². The molecule has 4 heteroatoms. The molecule has 18 heavy (non-hydrogen) atoms. The van der Waals surface area contributed by atoms with Crippen molar-refractivity contribution >= 4 is 0 Å². The van der Waals surface area contributed by atoms with Gasteiger partial charge >= 0.3 is 0 Å². The van der Waals surface area contributed by atoms with Crippen molar-refractivity contribution in [3.8, 4) is 0 Å². The lowest BCUT2D eigenvalue weighted by atomic mass is 10.0. The van der Waals surface area contributed by atoms with Gasteiger partial charge in [-0.15, -0.1) is 0 Å². The quantitative estimate of drug-likeness (QED) is 0.846. The van der Waals surface area contributed by atoms with Crippen LogP contribution in [0.15, 0.2) is 12.4 Å². The van der Waals surface area contributed by atoms with E-state index in [1.807, 2.05) is 10.9 Å². The summed E-state index contributed by atoms with van der Waals surface area (Å²) < 4.78 is 1.99. The maximum atomic E-state index is 5.95. The average molecular weight is 252 g/mol. The first-order valence-corrected chi connectivity index (χ1v) is 6.84. The van der Waals surface area contributed by atoms with Gasteiger partial charge in [0.2, 0.25) is 0 Å². The molecule has 2 atom stereocenters. The van der Waals surface area contributed by atoms with Crippen LogP contribution in [0.25, 0.3) is 0 Å². The van der Waals surface area contributed by atoms with E-state index < -0.39 is 0 Å². The summed E-state index contributed by atoms with van der Waals surface area (Å²) in [5.41, 5.74) is 7.16. The van der Waals surface area contributed by atoms with Crippen molar-refractivity contribution in [1.82, 2.24) is 14.7 Å². The van der Waals surface area contributed by atoms with Crippen molar-refractivity contribution in [3.05, 3.63) is 18.0 Å². The summed E-state index contributed by atoms with van der Waals surface area (Å²) in [6.45, 7) is 11.6. The number of nitrogens with two attached hydrogens (primary N) is 1. The van der Waals surface area contributed by atoms with Gasteiger partial charge in [-0.2, -0.15) is 5.10 Å². The Balaban J connectivity index is 2.88. The molecule has 0 saturated carbocycles. The van der Waals surface area contributed by atoms with Crippen LogP contribution in [0.5, 0.6) is 0 Å². The molecule has 0 aromatic carbocycles. The van der Waals surface area contributed by atoms with Crippen LogP contribution in [-0.4, -0.2) is 34.3 Å². The Morgan fingerprint density at radius 1 is 1.28 bits per heavy atom. The van der Waals surface area contributed by atoms with E-state index in [1.165, 1.54) is 5.56 Å². The summed E-state index contributed by atoms with van der Waals surface area (Å²) in [6.07, 6.45) is 4.06. The summed E-state index contributed by atoms with van der Waals surface area (Å²) in [5, 5.41) is 4.41. The molecule has 0 aliphatic heterocycles. The summed E-state index contributed by atoms with van der Waals surface area (Å²) in [5.74, 6) is 0.615. The molecule has 0 aliphatic carbocycles. The van der Waals surface area contributed by atoms with Crippen LogP contribution in [0.3, 0.4) is 0 Å². The number of hydrogen-bond acceptors (Lipinski definition) is 3. The van der Waals surface area contributed by atoms with E-state index in [1.54, 1.807) is 0 Å². The van der Waals surface area contributed by atoms with Gasteiger partial charge in [0, 0.05) is 30.4 Å². The van der Waals surface area contributed by atoms with E-state index in [9.17, 15) is 0 Å². The summed E-state index contributed by atoms with van der Waals surface area (Å²) in [7, 11) is 2.15. The van der Waals surface area contributed by atoms with Gasteiger partial charge in [-0.1, -0.05) is 13.8 Å². The van der Waals surface area contributed by atoms with Gasteiger partial charge in [-0.3, -0.25) is 9.58 Å². The first-order valence-electron chi connectivity index (χ1n) is 6.84. The highest BCUT2D eigenvalue weighted by Gasteiger charge is 2.23. The Bertz CT molecular complexity index is 356. The van der Waals surface area contributed by atoms with Gasteiger partial charge in [-0.05, 0) is 33.7 Å². The molecule has 1 rings (SSSR count). The van der Waals surface area contributed by atoms with Crippen LogP contribution in [0.2, 0.25) is 0 Å². The van der Waals surface area contributed by atoms with Crippen LogP contribution in [0.4, 0.5) is 0 Å². The summed E-state index contributed by atoms with van der Waals surface area (Å²) in [4.78, 5) is 2.35. The normalized spacial score (nSPS) is 15.7. The van der Waals surface area contributed by atoms with Crippen LogP contribution in [0, 0.1) is 5.92 Å². The second-order valence-corrected chi connectivity index (χ2v) is 5.75. The van der Waals surface area contributed by atoms with Crippen molar-refractivity contribution in [2.75, 3.05) is 13.6 Å². The van der Waals surface area contributed by atoms with Gasteiger partial charge < -0.3 is 5.73 Å². The lowest BCUT2D eigenvalue weighted by Crippen LogP contribution is -2.39. The number of likely N-dealkylation sites (N-methyl/N-ethyl adjacent to an activating group) is 1. The van der Waals surface area contributed by atoms with E-state index >= 15 is 0 Å². The van der Waals surface area contributed by atoms with Crippen molar-refractivity contribution in [3.63, 3.8) is 0 Å². The van der Waals surface area contributed by atoms with Crippen molar-refractivity contribution in [2.24, 2.45) is 11.7 Å². The molecule has 1 aromatic heterocycles. The monoisotopic (exact) mass is 252 g/mol. The third-order valence-corrected chi connectivity index (χ3v) is 3.86. The second-order valence-electron chi connectivity index (χ2n) is 5.75. The number of aromatic nitrogens is 2. The predicted octanol–water partition coefficient (Wildman–Crippen LogP) is 2.44. The van der Waals surface area contributed by atoms with Crippen molar-refractivity contribution in [2.45, 2.75) is 52.7 Å². The third kappa shape index (κ3) is 3.33. The van der Waals surface area contributed by atoms with Gasteiger partial charge in [0.15, 0.2) is 0 Å². The number of nitrogens with zero attached hydrogens (tertiary/aromatic N) is 3. The minimum Gasteiger partial charge on any atom is -0.329 e. The zero-order valence-electron chi connectivity index (χ0n) is 12.6. The molecule has 2 unspecified atom stereocenters. The molecule has 1 heterocycles. The largest absolute Gasteiger partial charge is 0.329 e. The second kappa shape index (κ2) is 6.34. The molecule has 1 aromatic rings. The summed E-state index contributed by atoms with van der Waals surface area (Å²) in [6, 6.07) is 1.14. The summed E-state index contributed by atoms with van der Waals surface area (Å²) >= 11 is 0. The fourth-order valence-electron chi connectivity index (χ4n) is 2.10. The Hall–Kier alpha value is -0.870. The Morgan fingerprint density at radius 3 is 2.28 bits per heavy atom. The fourth-order valence-corrected chi connectivity index (χ4v) is 2.10. The zero-order valence-corrected chi connectivity index (χ0v) is 12.6. The molecule has 0 amide bonds. The van der Waals surface area contributed by atoms with Crippen LogP contribution in [-0.2, 0) is 0 Å². The molecule has 0 saturated heterocycles. The van der Waals surface area contributed by atoms with Gasteiger partial charge in [0.1, 0.15) is 0 Å². The molecule has 0 radical (unpaired) electrons. The highest BCUT2D eigenvalue weighted by atomic mass is 15.3. The molecular weight excluding hydrogens is 224 g/mol. The van der Waals surface area contributed by atoms with Crippen LogP contribution in [0.1, 0.15) is 52.3 Å². The maximum absolute atomic E-state index is 5.95. The maximum Gasteiger partial charge on any atom is 0.0538 e.